The molecule has 0 unspecified atom stereocenters. The number of rotatable bonds is 6. The summed E-state index contributed by atoms with van der Waals surface area (Å²) in [7, 11) is 0. The molecule has 0 amide bonds. The Kier molecular flexibility index (Phi) is 7.14. The number of piperidine rings is 1. The van der Waals surface area contributed by atoms with Crippen LogP contribution < -0.4 is 10.6 Å². The Morgan fingerprint density at radius 3 is 2.51 bits per heavy atom. The van der Waals surface area contributed by atoms with Crippen LogP contribution in [0, 0.1) is 0 Å². The summed E-state index contributed by atoms with van der Waals surface area (Å²) < 4.78 is 0.977. The molecule has 0 spiro atoms. The smallest absolute Gasteiger partial charge is 0.165 e. The first-order chi connectivity index (χ1) is 19.1. The van der Waals surface area contributed by atoms with Crippen LogP contribution in [0.5, 0.6) is 0 Å². The molecule has 2 N–H and O–H groups in total. The Labute approximate surface area is 234 Å². The molecular formula is C30H26BrN7O. The van der Waals surface area contributed by atoms with Crippen molar-refractivity contribution in [2.75, 3.05) is 23.7 Å². The number of hydrogen-bond donors (Lipinski definition) is 1. The van der Waals surface area contributed by atoms with E-state index in [0.29, 0.717) is 18.1 Å². The summed E-state index contributed by atoms with van der Waals surface area (Å²) >= 11 is 3.57. The Bertz CT molecular complexity index is 1630. The molecule has 1 saturated heterocycles. The molecule has 2 aromatic carbocycles. The molecule has 9 heteroatoms. The van der Waals surface area contributed by atoms with Crippen LogP contribution in [0.15, 0.2) is 94.9 Å². The minimum Gasteiger partial charge on any atom is -0.391 e. The Morgan fingerprint density at radius 1 is 0.897 bits per heavy atom. The highest BCUT2D eigenvalue weighted by atomic mass is 79.9. The largest absolute Gasteiger partial charge is 0.391 e. The zero-order valence-corrected chi connectivity index (χ0v) is 22.8. The van der Waals surface area contributed by atoms with E-state index in [-0.39, 0.29) is 0 Å². The summed E-state index contributed by atoms with van der Waals surface area (Å²) in [6, 6.07) is 24.3. The first-order valence-corrected chi connectivity index (χ1v) is 13.5. The summed E-state index contributed by atoms with van der Waals surface area (Å²) in [6.45, 7) is 2.18. The predicted molar refractivity (Wildman–Crippen MR) is 158 cm³/mol. The summed E-state index contributed by atoms with van der Waals surface area (Å²) in [6.07, 6.45) is 5.01. The van der Waals surface area contributed by atoms with Gasteiger partial charge in [-0.3, -0.25) is 0 Å². The number of nitrogens with zero attached hydrogens (tertiary/aromatic N) is 6. The zero-order chi connectivity index (χ0) is 26.6. The number of pyridine rings is 2. The van der Waals surface area contributed by atoms with Crippen LogP contribution in [0.4, 0.5) is 11.6 Å². The van der Waals surface area contributed by atoms with E-state index in [1.165, 1.54) is 6.33 Å². The quantitative estimate of drug-likeness (QED) is 0.236. The van der Waals surface area contributed by atoms with Gasteiger partial charge in [-0.1, -0.05) is 63.6 Å². The van der Waals surface area contributed by atoms with Crippen molar-refractivity contribution in [1.82, 2.24) is 19.9 Å². The second kappa shape index (κ2) is 11.2. The second-order valence-electron chi connectivity index (χ2n) is 9.33. The van der Waals surface area contributed by atoms with Crippen molar-refractivity contribution in [3.8, 4) is 22.4 Å². The first-order valence-electron chi connectivity index (χ1n) is 12.7. The van der Waals surface area contributed by atoms with Crippen molar-refractivity contribution in [2.24, 2.45) is 5.16 Å². The van der Waals surface area contributed by atoms with Gasteiger partial charge in [0.25, 0.3) is 0 Å². The van der Waals surface area contributed by atoms with Crippen LogP contribution in [0.3, 0.4) is 0 Å². The lowest BCUT2D eigenvalue weighted by atomic mass is 10.0. The maximum absolute atomic E-state index is 6.25. The lowest BCUT2D eigenvalue weighted by molar-refractivity contribution is 0.129. The Morgan fingerprint density at radius 2 is 1.74 bits per heavy atom. The number of fused-ring (bicyclic) bond motifs is 1. The highest BCUT2D eigenvalue weighted by molar-refractivity contribution is 9.10. The summed E-state index contributed by atoms with van der Waals surface area (Å²) in [5, 5.41) is 5.11. The van der Waals surface area contributed by atoms with E-state index in [1.807, 2.05) is 72.9 Å². The predicted octanol–water partition coefficient (Wildman–Crippen LogP) is 6.27. The fraction of sp³-hybridized carbons (Fsp3) is 0.167. The van der Waals surface area contributed by atoms with Crippen molar-refractivity contribution in [3.05, 3.63) is 95.4 Å². The maximum atomic E-state index is 6.25. The molecule has 0 radical (unpaired) electrons. The van der Waals surface area contributed by atoms with E-state index < -0.39 is 0 Å². The molecule has 194 valence electrons. The van der Waals surface area contributed by atoms with E-state index in [0.717, 1.165) is 75.3 Å². The van der Waals surface area contributed by atoms with Crippen molar-refractivity contribution in [2.45, 2.75) is 19.4 Å². The van der Waals surface area contributed by atoms with Gasteiger partial charge < -0.3 is 15.5 Å². The third kappa shape index (κ3) is 5.58. The fourth-order valence-corrected chi connectivity index (χ4v) is 5.10. The molecule has 5 aromatic rings. The summed E-state index contributed by atoms with van der Waals surface area (Å²) in [5.41, 5.74) is 12.6. The molecule has 8 nitrogen and oxygen atoms in total. The van der Waals surface area contributed by atoms with Crippen molar-refractivity contribution >= 4 is 44.3 Å². The minimum atomic E-state index is 0.404. The number of halogens is 1. The monoisotopic (exact) mass is 579 g/mol. The van der Waals surface area contributed by atoms with Crippen LogP contribution in [0.1, 0.15) is 18.4 Å². The van der Waals surface area contributed by atoms with E-state index in [1.54, 1.807) is 0 Å². The van der Waals surface area contributed by atoms with Gasteiger partial charge in [0.05, 0.1) is 16.8 Å². The number of nitrogens with two attached hydrogens (primary N) is 1. The molecule has 1 aliphatic heterocycles. The molecule has 0 saturated carbocycles. The van der Waals surface area contributed by atoms with Crippen molar-refractivity contribution in [1.29, 1.82) is 0 Å². The first kappa shape index (κ1) is 24.9. The molecule has 1 fully saturated rings. The van der Waals surface area contributed by atoms with Crippen molar-refractivity contribution in [3.63, 3.8) is 0 Å². The third-order valence-corrected chi connectivity index (χ3v) is 7.24. The van der Waals surface area contributed by atoms with Gasteiger partial charge in [-0.15, -0.1) is 0 Å². The SMILES string of the molecule is Nc1ncnc2nc(-c3ccc(N4CCC(=NOCc5ccccc5)CC4)nc3)cc(-c3cccc(Br)c3)c12. The van der Waals surface area contributed by atoms with Gasteiger partial charge in [-0.05, 0) is 47.0 Å². The number of nitrogen functional groups attached to an aromatic ring is 1. The van der Waals surface area contributed by atoms with Crippen LogP contribution in [0.25, 0.3) is 33.4 Å². The Balaban J connectivity index is 1.19. The molecule has 0 bridgehead atoms. The average molecular weight is 580 g/mol. The molecular weight excluding hydrogens is 554 g/mol. The zero-order valence-electron chi connectivity index (χ0n) is 21.2. The van der Waals surface area contributed by atoms with Gasteiger partial charge in [0.15, 0.2) is 5.65 Å². The standard InChI is InChI=1S/C30H26BrN7O/c31-23-8-4-7-21(15-23)25-16-26(36-30-28(25)29(32)34-19-35-30)22-9-10-27(33-17-22)38-13-11-24(12-14-38)37-39-18-20-5-2-1-3-6-20/h1-10,15-17,19H,11-14,18H2,(H2,32,34,35,36). The lowest BCUT2D eigenvalue weighted by Gasteiger charge is -2.28. The van der Waals surface area contributed by atoms with E-state index >= 15 is 0 Å². The van der Waals surface area contributed by atoms with Gasteiger partial charge >= 0.3 is 0 Å². The van der Waals surface area contributed by atoms with E-state index in [4.69, 9.17) is 20.5 Å². The maximum Gasteiger partial charge on any atom is 0.165 e. The van der Waals surface area contributed by atoms with Gasteiger partial charge in [-0.25, -0.2) is 19.9 Å². The number of aromatic nitrogens is 4. The molecule has 39 heavy (non-hydrogen) atoms. The molecule has 0 atom stereocenters. The van der Waals surface area contributed by atoms with E-state index in [9.17, 15) is 0 Å². The minimum absolute atomic E-state index is 0.404. The fourth-order valence-electron chi connectivity index (χ4n) is 4.70. The molecule has 4 heterocycles. The number of benzene rings is 2. The van der Waals surface area contributed by atoms with Crippen LogP contribution in [-0.4, -0.2) is 38.7 Å². The number of anilines is 2. The second-order valence-corrected chi connectivity index (χ2v) is 10.2. The van der Waals surface area contributed by atoms with E-state index in [2.05, 4.69) is 42.0 Å². The molecule has 1 aliphatic rings. The summed E-state index contributed by atoms with van der Waals surface area (Å²) in [4.78, 5) is 26.0. The normalized spacial score (nSPS) is 13.5. The van der Waals surface area contributed by atoms with Crippen LogP contribution >= 0.6 is 15.9 Å². The van der Waals surface area contributed by atoms with Gasteiger partial charge in [0.1, 0.15) is 24.6 Å². The topological polar surface area (TPSA) is 102 Å². The van der Waals surface area contributed by atoms with Crippen LogP contribution in [0.2, 0.25) is 0 Å². The van der Waals surface area contributed by atoms with Gasteiger partial charge in [0, 0.05) is 42.2 Å². The lowest BCUT2D eigenvalue weighted by Crippen LogP contribution is -2.34. The average Bonchev–Trinajstić information content (AvgIpc) is 2.98. The van der Waals surface area contributed by atoms with Crippen LogP contribution in [-0.2, 0) is 11.4 Å². The Hall–Kier alpha value is -4.37. The highest BCUT2D eigenvalue weighted by Gasteiger charge is 2.18. The summed E-state index contributed by atoms with van der Waals surface area (Å²) in [5.74, 6) is 1.34. The number of oxime groups is 1. The third-order valence-electron chi connectivity index (χ3n) is 6.74. The van der Waals surface area contributed by atoms with Crippen molar-refractivity contribution < 1.29 is 4.84 Å². The number of hydrogen-bond acceptors (Lipinski definition) is 8. The highest BCUT2D eigenvalue weighted by Crippen LogP contribution is 2.34. The molecule has 0 aliphatic carbocycles. The molecule has 3 aromatic heterocycles. The molecule has 6 rings (SSSR count). The van der Waals surface area contributed by atoms with Gasteiger partial charge in [-0.2, -0.15) is 0 Å². The van der Waals surface area contributed by atoms with Gasteiger partial charge in [0.2, 0.25) is 0 Å².